The third-order valence-corrected chi connectivity index (χ3v) is 7.48. The van der Waals surface area contributed by atoms with Gasteiger partial charge in [0.25, 0.3) is 0 Å². The molecule has 0 N–H and O–H groups in total. The monoisotopic (exact) mass is 407 g/mol. The van der Waals surface area contributed by atoms with E-state index in [0.29, 0.717) is 5.69 Å². The van der Waals surface area contributed by atoms with Crippen molar-refractivity contribution in [2.45, 2.75) is 25.2 Å². The molecule has 0 unspecified atom stereocenters. The zero-order valence-electron chi connectivity index (χ0n) is 17.3. The zero-order valence-corrected chi connectivity index (χ0v) is 17.3. The summed E-state index contributed by atoms with van der Waals surface area (Å²) in [6.07, 6.45) is 0.912. The van der Waals surface area contributed by atoms with E-state index in [2.05, 4.69) is 0 Å². The minimum absolute atomic E-state index is 0.205. The normalized spacial score (nSPS) is 27.7. The Bertz CT molecular complexity index is 1260. The van der Waals surface area contributed by atoms with Crippen molar-refractivity contribution in [2.75, 3.05) is 4.90 Å². The molecule has 2 amide bonds. The topological polar surface area (TPSA) is 54.5 Å². The van der Waals surface area contributed by atoms with Gasteiger partial charge in [-0.15, -0.1) is 0 Å². The lowest BCUT2D eigenvalue weighted by atomic mass is 9.48. The van der Waals surface area contributed by atoms with Crippen LogP contribution in [0.1, 0.15) is 39.3 Å². The third-order valence-electron chi connectivity index (χ3n) is 7.48. The van der Waals surface area contributed by atoms with E-state index >= 15 is 0 Å². The summed E-state index contributed by atoms with van der Waals surface area (Å²) in [7, 11) is 0. The maximum Gasteiger partial charge on any atom is 0.239 e. The van der Waals surface area contributed by atoms with Crippen molar-refractivity contribution in [1.29, 1.82) is 0 Å². The molecule has 1 aliphatic heterocycles. The maximum atomic E-state index is 13.9. The minimum Gasteiger partial charge on any atom is -0.302 e. The van der Waals surface area contributed by atoms with Crippen molar-refractivity contribution >= 4 is 23.8 Å². The van der Waals surface area contributed by atoms with Crippen molar-refractivity contribution in [3.63, 3.8) is 0 Å². The number of nitrogens with zero attached hydrogens (tertiary/aromatic N) is 1. The lowest BCUT2D eigenvalue weighted by Crippen LogP contribution is -2.54. The highest BCUT2D eigenvalue weighted by Gasteiger charge is 2.68. The number of aryl methyl sites for hydroxylation is 2. The van der Waals surface area contributed by atoms with Gasteiger partial charge in [0.2, 0.25) is 11.8 Å². The number of anilines is 1. The number of amides is 2. The van der Waals surface area contributed by atoms with E-state index in [4.69, 9.17) is 0 Å². The summed E-state index contributed by atoms with van der Waals surface area (Å²) < 4.78 is 0. The Kier molecular flexibility index (Phi) is 3.54. The van der Waals surface area contributed by atoms with Crippen molar-refractivity contribution in [1.82, 2.24) is 0 Å². The lowest BCUT2D eigenvalue weighted by Gasteiger charge is -2.51. The van der Waals surface area contributed by atoms with Crippen molar-refractivity contribution < 1.29 is 14.4 Å². The summed E-state index contributed by atoms with van der Waals surface area (Å²) in [5.41, 5.74) is 5.02. The number of benzene rings is 3. The number of imide groups is 1. The smallest absolute Gasteiger partial charge is 0.239 e. The molecule has 3 aliphatic carbocycles. The minimum atomic E-state index is -1.15. The van der Waals surface area contributed by atoms with E-state index in [1.54, 1.807) is 0 Å². The largest absolute Gasteiger partial charge is 0.302 e. The van der Waals surface area contributed by atoms with Crippen LogP contribution in [0.15, 0.2) is 66.7 Å². The van der Waals surface area contributed by atoms with Gasteiger partial charge in [-0.05, 0) is 53.3 Å². The highest BCUT2D eigenvalue weighted by Crippen LogP contribution is 2.63. The molecule has 2 bridgehead atoms. The molecule has 4 heteroatoms. The Balaban J connectivity index is 1.66. The molecule has 4 aliphatic rings. The number of hydrogen-bond donors (Lipinski definition) is 0. The first kappa shape index (κ1) is 18.3. The molecule has 31 heavy (non-hydrogen) atoms. The zero-order chi connectivity index (χ0) is 21.5. The van der Waals surface area contributed by atoms with E-state index in [0.717, 1.165) is 39.7 Å². The average Bonchev–Trinajstić information content (AvgIpc) is 3.06. The Labute approximate surface area is 180 Å². The molecule has 0 spiro atoms. The van der Waals surface area contributed by atoms with Gasteiger partial charge in [0, 0.05) is 5.92 Å². The summed E-state index contributed by atoms with van der Waals surface area (Å²) in [4.78, 5) is 42.1. The van der Waals surface area contributed by atoms with Gasteiger partial charge in [0.05, 0.1) is 22.9 Å². The fourth-order valence-electron chi connectivity index (χ4n) is 6.23. The van der Waals surface area contributed by atoms with E-state index in [-0.39, 0.29) is 17.7 Å². The van der Waals surface area contributed by atoms with E-state index in [1.807, 2.05) is 80.6 Å². The fourth-order valence-corrected chi connectivity index (χ4v) is 6.23. The standard InChI is InChI=1S/C27H21NO3/c1-15-11-12-16(2)21(13-15)28-25(30)23-22-17-7-3-5-9-19(17)27(14-29,24(23)26(28)31)20-10-6-4-8-18(20)22/h3-14,22-24H,1-2H3/t22?,23-,24+,27?/m0/s1. The number of hydrogen-bond acceptors (Lipinski definition) is 3. The Morgan fingerprint density at radius 3 is 2.06 bits per heavy atom. The summed E-state index contributed by atoms with van der Waals surface area (Å²) >= 11 is 0. The third kappa shape index (κ3) is 2.03. The first-order valence-corrected chi connectivity index (χ1v) is 10.6. The van der Waals surface area contributed by atoms with Crippen LogP contribution in [0.4, 0.5) is 5.69 Å². The van der Waals surface area contributed by atoms with Crippen LogP contribution in [0.2, 0.25) is 0 Å². The molecular formula is C27H21NO3. The van der Waals surface area contributed by atoms with Crippen LogP contribution in [0.5, 0.6) is 0 Å². The predicted molar refractivity (Wildman–Crippen MR) is 117 cm³/mol. The fraction of sp³-hybridized carbons (Fsp3) is 0.222. The summed E-state index contributed by atoms with van der Waals surface area (Å²) in [5, 5.41) is 0. The second-order valence-corrected chi connectivity index (χ2v) is 8.94. The van der Waals surface area contributed by atoms with Gasteiger partial charge in [0.1, 0.15) is 6.29 Å². The van der Waals surface area contributed by atoms with Crippen LogP contribution >= 0.6 is 0 Å². The first-order chi connectivity index (χ1) is 15.0. The molecule has 7 rings (SSSR count). The van der Waals surface area contributed by atoms with Crippen LogP contribution < -0.4 is 4.90 Å². The SMILES string of the molecule is Cc1ccc(C)c(N2C(=O)[C@H]3C4c5ccccc5C(C=O)(c5ccccc54)[C@H]3C2=O)c1. The first-order valence-electron chi connectivity index (χ1n) is 10.6. The molecular weight excluding hydrogens is 386 g/mol. The molecule has 4 nitrogen and oxygen atoms in total. The molecule has 1 saturated heterocycles. The predicted octanol–water partition coefficient (Wildman–Crippen LogP) is 4.05. The van der Waals surface area contributed by atoms with Gasteiger partial charge in [-0.3, -0.25) is 9.59 Å². The molecule has 0 radical (unpaired) electrons. The van der Waals surface area contributed by atoms with Gasteiger partial charge in [-0.25, -0.2) is 4.90 Å². The molecule has 0 saturated carbocycles. The summed E-state index contributed by atoms with van der Waals surface area (Å²) in [6.45, 7) is 3.86. The lowest BCUT2D eigenvalue weighted by molar-refractivity contribution is -0.128. The number of aldehydes is 1. The highest BCUT2D eigenvalue weighted by atomic mass is 16.2. The maximum absolute atomic E-state index is 13.9. The van der Waals surface area contributed by atoms with Crippen LogP contribution in [0.3, 0.4) is 0 Å². The molecule has 2 atom stereocenters. The van der Waals surface area contributed by atoms with Crippen LogP contribution in [-0.2, 0) is 19.8 Å². The average molecular weight is 407 g/mol. The Morgan fingerprint density at radius 2 is 1.45 bits per heavy atom. The molecule has 152 valence electrons. The molecule has 3 aromatic carbocycles. The van der Waals surface area contributed by atoms with Gasteiger partial charge >= 0.3 is 0 Å². The van der Waals surface area contributed by atoms with Crippen molar-refractivity contribution in [2.24, 2.45) is 11.8 Å². The van der Waals surface area contributed by atoms with Crippen molar-refractivity contribution in [3.05, 3.63) is 100 Å². The van der Waals surface area contributed by atoms with Gasteiger partial charge in [0.15, 0.2) is 0 Å². The second-order valence-electron chi connectivity index (χ2n) is 8.94. The van der Waals surface area contributed by atoms with Crippen molar-refractivity contribution in [3.8, 4) is 0 Å². The summed E-state index contributed by atoms with van der Waals surface area (Å²) in [6, 6.07) is 21.4. The van der Waals surface area contributed by atoms with Gasteiger partial charge in [-0.2, -0.15) is 0 Å². The molecule has 1 fully saturated rings. The number of carbonyl (C=O) groups excluding carboxylic acids is 3. The number of carbonyl (C=O) groups is 3. The van der Waals surface area contributed by atoms with Gasteiger partial charge < -0.3 is 4.79 Å². The highest BCUT2D eigenvalue weighted by molar-refractivity contribution is 6.25. The quantitative estimate of drug-likeness (QED) is 0.476. The molecule has 3 aromatic rings. The van der Waals surface area contributed by atoms with E-state index in [1.165, 1.54) is 4.90 Å². The molecule has 0 aromatic heterocycles. The van der Waals surface area contributed by atoms with E-state index < -0.39 is 17.3 Å². The summed E-state index contributed by atoms with van der Waals surface area (Å²) in [5.74, 6) is -2.02. The Hall–Kier alpha value is -3.53. The second kappa shape index (κ2) is 6.01. The van der Waals surface area contributed by atoms with Crippen LogP contribution in [0.25, 0.3) is 0 Å². The Morgan fingerprint density at radius 1 is 0.839 bits per heavy atom. The van der Waals surface area contributed by atoms with Crippen LogP contribution in [-0.4, -0.2) is 18.1 Å². The van der Waals surface area contributed by atoms with Crippen LogP contribution in [0, 0.1) is 25.7 Å². The van der Waals surface area contributed by atoms with Gasteiger partial charge in [-0.1, -0.05) is 60.7 Å². The van der Waals surface area contributed by atoms with E-state index in [9.17, 15) is 14.4 Å². The molecule has 1 heterocycles. The number of rotatable bonds is 2.